The van der Waals surface area contributed by atoms with Crippen LogP contribution < -0.4 is 20.1 Å². The van der Waals surface area contributed by atoms with Crippen LogP contribution >= 0.6 is 0 Å². The second kappa shape index (κ2) is 10.3. The van der Waals surface area contributed by atoms with Gasteiger partial charge in [0, 0.05) is 23.9 Å². The number of hydrogen-bond acceptors (Lipinski definition) is 6. The fourth-order valence-corrected chi connectivity index (χ4v) is 2.65. The Morgan fingerprint density at radius 2 is 1.65 bits per heavy atom. The molecule has 0 unspecified atom stereocenters. The molecular formula is C20H21F2N3O6. The zero-order chi connectivity index (χ0) is 23.1. The van der Waals surface area contributed by atoms with Crippen LogP contribution in [0.2, 0.25) is 0 Å². The number of amides is 2. The zero-order valence-electron chi connectivity index (χ0n) is 17.0. The average Bonchev–Trinajstić information content (AvgIpc) is 2.67. The van der Waals surface area contributed by atoms with Crippen LogP contribution in [0, 0.1) is 16.0 Å². The van der Waals surface area contributed by atoms with Crippen LogP contribution in [-0.4, -0.2) is 30.5 Å². The Labute approximate surface area is 176 Å². The Kier molecular flexibility index (Phi) is 7.83. The number of nitrogens with one attached hydrogen (secondary N) is 2. The lowest BCUT2D eigenvalue weighted by atomic mass is 10.1. The second-order valence-electron chi connectivity index (χ2n) is 6.83. The molecule has 0 radical (unpaired) electrons. The Hall–Kier alpha value is -3.76. The van der Waals surface area contributed by atoms with Gasteiger partial charge in [-0.15, -0.1) is 0 Å². The van der Waals surface area contributed by atoms with Crippen molar-refractivity contribution in [3.63, 3.8) is 0 Å². The molecule has 2 aromatic rings. The number of carbonyl (C=O) groups excluding carboxylic acids is 2. The van der Waals surface area contributed by atoms with E-state index in [0.717, 1.165) is 13.2 Å². The molecule has 166 valence electrons. The van der Waals surface area contributed by atoms with Crippen molar-refractivity contribution in [1.82, 2.24) is 0 Å². The SMILES string of the molecule is COc1cc(C(=O)Nc2ccc(NC(=O)CC(C)C)cc2)c([N+](=O)[O-])cc1OC(F)F. The van der Waals surface area contributed by atoms with Crippen LogP contribution in [0.15, 0.2) is 36.4 Å². The van der Waals surface area contributed by atoms with Gasteiger partial charge < -0.3 is 20.1 Å². The quantitative estimate of drug-likeness (QED) is 0.442. The van der Waals surface area contributed by atoms with Crippen molar-refractivity contribution in [1.29, 1.82) is 0 Å². The standard InChI is InChI=1S/C20H21F2N3O6/c1-11(2)8-18(26)23-12-4-6-13(7-5-12)24-19(27)14-9-16(30-3)17(31-20(21)22)10-15(14)25(28)29/h4-7,9-11,20H,8H2,1-3H3,(H,23,26)(H,24,27). The van der Waals surface area contributed by atoms with Gasteiger partial charge in [-0.2, -0.15) is 8.78 Å². The topological polar surface area (TPSA) is 120 Å². The highest BCUT2D eigenvalue weighted by molar-refractivity contribution is 6.07. The zero-order valence-corrected chi connectivity index (χ0v) is 17.0. The number of methoxy groups -OCH3 is 1. The van der Waals surface area contributed by atoms with Gasteiger partial charge in [0.05, 0.1) is 18.1 Å². The van der Waals surface area contributed by atoms with Gasteiger partial charge in [-0.25, -0.2) is 0 Å². The summed E-state index contributed by atoms with van der Waals surface area (Å²) in [5.41, 5.74) is -0.317. The number of nitrogens with zero attached hydrogens (tertiary/aromatic N) is 1. The predicted molar refractivity (Wildman–Crippen MR) is 109 cm³/mol. The highest BCUT2D eigenvalue weighted by atomic mass is 19.3. The van der Waals surface area contributed by atoms with Crippen molar-refractivity contribution in [2.75, 3.05) is 17.7 Å². The maximum Gasteiger partial charge on any atom is 0.387 e. The molecule has 2 amide bonds. The van der Waals surface area contributed by atoms with E-state index in [1.807, 2.05) is 13.8 Å². The van der Waals surface area contributed by atoms with Crippen LogP contribution in [0.4, 0.5) is 25.8 Å². The molecule has 0 spiro atoms. The fraction of sp³-hybridized carbons (Fsp3) is 0.300. The molecule has 11 heteroatoms. The molecule has 0 aliphatic carbocycles. The first-order valence-electron chi connectivity index (χ1n) is 9.13. The van der Waals surface area contributed by atoms with Crippen LogP contribution in [-0.2, 0) is 4.79 Å². The molecular weight excluding hydrogens is 416 g/mol. The summed E-state index contributed by atoms with van der Waals surface area (Å²) < 4.78 is 34.2. The van der Waals surface area contributed by atoms with Gasteiger partial charge in [0.2, 0.25) is 5.91 Å². The molecule has 2 aromatic carbocycles. The molecule has 31 heavy (non-hydrogen) atoms. The summed E-state index contributed by atoms with van der Waals surface area (Å²) in [5.74, 6) is -1.64. The van der Waals surface area contributed by atoms with Crippen LogP contribution in [0.3, 0.4) is 0 Å². The summed E-state index contributed by atoms with van der Waals surface area (Å²) in [4.78, 5) is 34.9. The van der Waals surface area contributed by atoms with Gasteiger partial charge in [0.15, 0.2) is 11.5 Å². The van der Waals surface area contributed by atoms with Gasteiger partial charge in [0.25, 0.3) is 11.6 Å². The number of carbonyl (C=O) groups is 2. The molecule has 2 N–H and O–H groups in total. The maximum absolute atomic E-state index is 12.6. The number of nitro groups is 1. The Morgan fingerprint density at radius 1 is 1.06 bits per heavy atom. The third-order valence-electron chi connectivity index (χ3n) is 3.96. The van der Waals surface area contributed by atoms with Gasteiger partial charge in [-0.1, -0.05) is 13.8 Å². The van der Waals surface area contributed by atoms with Gasteiger partial charge in [0.1, 0.15) is 5.56 Å². The Bertz CT molecular complexity index is 964. The number of hydrogen-bond donors (Lipinski definition) is 2. The number of halogens is 2. The summed E-state index contributed by atoms with van der Waals surface area (Å²) in [7, 11) is 1.15. The van der Waals surface area contributed by atoms with E-state index in [1.54, 1.807) is 12.1 Å². The highest BCUT2D eigenvalue weighted by Gasteiger charge is 2.26. The Balaban J connectivity index is 2.22. The van der Waals surface area contributed by atoms with Crippen molar-refractivity contribution in [3.8, 4) is 11.5 Å². The predicted octanol–water partition coefficient (Wildman–Crippen LogP) is 4.44. The maximum atomic E-state index is 12.6. The summed E-state index contributed by atoms with van der Waals surface area (Å²) in [5, 5.41) is 16.5. The number of alkyl halides is 2. The summed E-state index contributed by atoms with van der Waals surface area (Å²) in [6.07, 6.45) is 0.356. The van der Waals surface area contributed by atoms with Crippen LogP contribution in [0.25, 0.3) is 0 Å². The van der Waals surface area contributed by atoms with Crippen molar-refractivity contribution in [2.24, 2.45) is 5.92 Å². The van der Waals surface area contributed by atoms with Crippen molar-refractivity contribution >= 4 is 28.9 Å². The molecule has 0 bridgehead atoms. The highest BCUT2D eigenvalue weighted by Crippen LogP contribution is 2.36. The molecule has 0 saturated heterocycles. The number of rotatable bonds is 9. The van der Waals surface area contributed by atoms with Crippen molar-refractivity contribution < 1.29 is 32.8 Å². The first kappa shape index (κ1) is 23.5. The lowest BCUT2D eigenvalue weighted by Crippen LogP contribution is -2.15. The minimum atomic E-state index is -3.23. The van der Waals surface area contributed by atoms with E-state index in [1.165, 1.54) is 12.1 Å². The number of anilines is 2. The van der Waals surface area contributed by atoms with E-state index in [9.17, 15) is 28.5 Å². The van der Waals surface area contributed by atoms with E-state index in [0.29, 0.717) is 23.9 Å². The molecule has 0 saturated carbocycles. The number of nitro benzene ring substituents is 1. The molecule has 2 rings (SSSR count). The lowest BCUT2D eigenvalue weighted by molar-refractivity contribution is -0.385. The summed E-state index contributed by atoms with van der Waals surface area (Å²) in [6, 6.07) is 7.77. The largest absolute Gasteiger partial charge is 0.493 e. The van der Waals surface area contributed by atoms with Crippen molar-refractivity contribution in [2.45, 2.75) is 26.9 Å². The smallest absolute Gasteiger partial charge is 0.387 e. The Morgan fingerprint density at radius 3 is 2.13 bits per heavy atom. The summed E-state index contributed by atoms with van der Waals surface area (Å²) >= 11 is 0. The second-order valence-corrected chi connectivity index (χ2v) is 6.83. The molecule has 0 aromatic heterocycles. The molecule has 0 fully saturated rings. The lowest BCUT2D eigenvalue weighted by Gasteiger charge is -2.12. The number of ether oxygens (including phenoxy) is 2. The molecule has 0 aliphatic heterocycles. The first-order valence-corrected chi connectivity index (χ1v) is 9.13. The van der Waals surface area contributed by atoms with E-state index in [4.69, 9.17) is 4.74 Å². The third kappa shape index (κ3) is 6.63. The van der Waals surface area contributed by atoms with Gasteiger partial charge >= 0.3 is 6.61 Å². The van der Waals surface area contributed by atoms with E-state index >= 15 is 0 Å². The van der Waals surface area contributed by atoms with Gasteiger partial charge in [-0.3, -0.25) is 19.7 Å². The van der Waals surface area contributed by atoms with Crippen molar-refractivity contribution in [3.05, 3.63) is 52.1 Å². The summed E-state index contributed by atoms with van der Waals surface area (Å²) in [6.45, 7) is 0.602. The first-order chi connectivity index (χ1) is 14.6. The molecule has 0 heterocycles. The normalized spacial score (nSPS) is 10.7. The monoisotopic (exact) mass is 437 g/mol. The van der Waals surface area contributed by atoms with E-state index in [-0.39, 0.29) is 17.6 Å². The van der Waals surface area contributed by atoms with Gasteiger partial charge in [-0.05, 0) is 30.2 Å². The fourth-order valence-electron chi connectivity index (χ4n) is 2.65. The van der Waals surface area contributed by atoms with E-state index < -0.39 is 34.4 Å². The van der Waals surface area contributed by atoms with Crippen LogP contribution in [0.5, 0.6) is 11.5 Å². The minimum absolute atomic E-state index is 0.152. The minimum Gasteiger partial charge on any atom is -0.493 e. The van der Waals surface area contributed by atoms with Crippen LogP contribution in [0.1, 0.15) is 30.6 Å². The van der Waals surface area contributed by atoms with E-state index in [2.05, 4.69) is 15.4 Å². The molecule has 0 atom stereocenters. The molecule has 0 aliphatic rings. The molecule has 9 nitrogen and oxygen atoms in total. The average molecular weight is 437 g/mol. The third-order valence-corrected chi connectivity index (χ3v) is 3.96. The number of benzene rings is 2.